The van der Waals surface area contributed by atoms with E-state index in [1.54, 1.807) is 6.92 Å². The Bertz CT molecular complexity index is 1390. The van der Waals surface area contributed by atoms with Crippen LogP contribution in [0.1, 0.15) is 104 Å². The van der Waals surface area contributed by atoms with Gasteiger partial charge in [0.05, 0.1) is 30.2 Å². The van der Waals surface area contributed by atoms with Crippen LogP contribution in [0.2, 0.25) is 0 Å². The highest BCUT2D eigenvalue weighted by molar-refractivity contribution is 6.11. The third kappa shape index (κ3) is 11.0. The highest BCUT2D eigenvalue weighted by Gasteiger charge is 2.45. The molecule has 2 unspecified atom stereocenters. The first-order chi connectivity index (χ1) is 22.5. The molecular formula is C37H50F3N3O4. The number of rotatable bonds is 10. The van der Waals surface area contributed by atoms with Gasteiger partial charge in [-0.3, -0.25) is 9.59 Å². The molecule has 0 spiro atoms. The molecule has 0 saturated carbocycles. The number of likely N-dealkylation sites (tertiary alicyclic amines) is 1. The third-order valence-corrected chi connectivity index (χ3v) is 7.84. The SMILES string of the molecule is C/C=C(\C=C(/C1=NC(C(=O)N2CCC(c3ccccc3)C2C(=O)NCCC)=C(O)C1)C(F)(F)F)c1ccoc1.CCCC.CCCC. The summed E-state index contributed by atoms with van der Waals surface area (Å²) in [6, 6.07) is 9.93. The van der Waals surface area contributed by atoms with Crippen LogP contribution >= 0.6 is 0 Å². The standard InChI is InChI=1S/C29H30F3N3O4.2C4H10/c1-3-12-33-27(37)26-21(19-8-6-5-7-9-19)10-13-35(26)28(38)25-24(36)16-23(34-25)22(29(30,31)32)15-18(4-2)20-11-14-39-17-20;2*1-3-4-2/h4-9,11,14-15,17,21,26,36H,3,10,12-13,16H2,1-2H3,(H,33,37);2*3-4H2,1-2H3/b18-4+,22-15+;;. The molecule has 0 bridgehead atoms. The number of furan rings is 1. The minimum absolute atomic E-state index is 0.190. The zero-order valence-corrected chi connectivity index (χ0v) is 28.5. The van der Waals surface area contributed by atoms with Gasteiger partial charge in [0.15, 0.2) is 5.70 Å². The van der Waals surface area contributed by atoms with E-state index in [9.17, 15) is 27.9 Å². The number of aliphatic hydroxyl groups is 1. The van der Waals surface area contributed by atoms with E-state index >= 15 is 0 Å². The maximum atomic E-state index is 14.1. The molecule has 2 atom stereocenters. The van der Waals surface area contributed by atoms with Crippen molar-refractivity contribution in [2.45, 2.75) is 105 Å². The average Bonchev–Trinajstić information content (AvgIpc) is 3.84. The monoisotopic (exact) mass is 657 g/mol. The smallest absolute Gasteiger partial charge is 0.418 e. The first kappa shape index (κ1) is 39.1. The van der Waals surface area contributed by atoms with E-state index in [0.717, 1.165) is 11.6 Å². The number of hydrogen-bond donors (Lipinski definition) is 2. The summed E-state index contributed by atoms with van der Waals surface area (Å²) < 4.78 is 47.4. The van der Waals surface area contributed by atoms with Crippen molar-refractivity contribution in [3.63, 3.8) is 0 Å². The molecule has 1 aromatic heterocycles. The molecule has 10 heteroatoms. The second kappa shape index (κ2) is 19.6. The van der Waals surface area contributed by atoms with Gasteiger partial charge in [-0.2, -0.15) is 13.2 Å². The minimum Gasteiger partial charge on any atom is -0.509 e. The quantitative estimate of drug-likeness (QED) is 0.249. The molecule has 0 radical (unpaired) electrons. The summed E-state index contributed by atoms with van der Waals surface area (Å²) >= 11 is 0. The van der Waals surface area contributed by atoms with Crippen molar-refractivity contribution in [3.8, 4) is 0 Å². The van der Waals surface area contributed by atoms with E-state index in [2.05, 4.69) is 38.0 Å². The number of aliphatic hydroxyl groups excluding tert-OH is 1. The molecule has 1 saturated heterocycles. The maximum Gasteiger partial charge on any atom is 0.418 e. The molecule has 1 aromatic carbocycles. The largest absolute Gasteiger partial charge is 0.509 e. The molecule has 1 fully saturated rings. The lowest BCUT2D eigenvalue weighted by Crippen LogP contribution is -2.48. The van der Waals surface area contributed by atoms with Crippen molar-refractivity contribution in [1.29, 1.82) is 0 Å². The number of unbranched alkanes of at least 4 members (excludes halogenated alkanes) is 2. The van der Waals surface area contributed by atoms with Crippen molar-refractivity contribution in [3.05, 3.63) is 89.2 Å². The fraction of sp³-hybridized carbons (Fsp3) is 0.486. The maximum absolute atomic E-state index is 14.1. The van der Waals surface area contributed by atoms with Gasteiger partial charge in [0.1, 0.15) is 11.8 Å². The number of amides is 2. The molecule has 7 nitrogen and oxygen atoms in total. The second-order valence-electron chi connectivity index (χ2n) is 11.4. The minimum atomic E-state index is -4.80. The van der Waals surface area contributed by atoms with Gasteiger partial charge in [-0.05, 0) is 43.0 Å². The van der Waals surface area contributed by atoms with Gasteiger partial charge >= 0.3 is 6.18 Å². The highest BCUT2D eigenvalue weighted by atomic mass is 19.4. The fourth-order valence-corrected chi connectivity index (χ4v) is 4.94. The molecule has 4 rings (SSSR count). The predicted octanol–water partition coefficient (Wildman–Crippen LogP) is 9.31. The van der Waals surface area contributed by atoms with Crippen LogP contribution in [0.3, 0.4) is 0 Å². The number of nitrogens with zero attached hydrogens (tertiary/aromatic N) is 2. The molecule has 47 heavy (non-hydrogen) atoms. The van der Waals surface area contributed by atoms with Crippen molar-refractivity contribution in [2.24, 2.45) is 4.99 Å². The van der Waals surface area contributed by atoms with Crippen LogP contribution < -0.4 is 5.32 Å². The lowest BCUT2D eigenvalue weighted by molar-refractivity contribution is -0.136. The molecule has 0 aliphatic carbocycles. The highest BCUT2D eigenvalue weighted by Crippen LogP contribution is 2.38. The van der Waals surface area contributed by atoms with Crippen LogP contribution in [0.4, 0.5) is 13.2 Å². The van der Waals surface area contributed by atoms with Crippen molar-refractivity contribution in [2.75, 3.05) is 13.1 Å². The number of benzene rings is 1. The number of carbonyl (C=O) groups excluding carboxylic acids is 2. The van der Waals surface area contributed by atoms with Gasteiger partial charge in [-0.15, -0.1) is 0 Å². The average molecular weight is 658 g/mol. The Kier molecular flexibility index (Phi) is 16.3. The summed E-state index contributed by atoms with van der Waals surface area (Å²) in [6.07, 6.45) is 6.19. The van der Waals surface area contributed by atoms with E-state index in [1.807, 2.05) is 37.3 Å². The second-order valence-corrected chi connectivity index (χ2v) is 11.4. The van der Waals surface area contributed by atoms with E-state index in [4.69, 9.17) is 4.42 Å². The fourth-order valence-electron chi connectivity index (χ4n) is 4.94. The van der Waals surface area contributed by atoms with Gasteiger partial charge in [-0.25, -0.2) is 4.99 Å². The van der Waals surface area contributed by atoms with Crippen LogP contribution in [-0.4, -0.2) is 52.8 Å². The van der Waals surface area contributed by atoms with Gasteiger partial charge in [-0.1, -0.05) is 96.7 Å². The molecule has 2 amide bonds. The summed E-state index contributed by atoms with van der Waals surface area (Å²) in [5.41, 5.74) is -0.470. The zero-order chi connectivity index (χ0) is 35.0. The van der Waals surface area contributed by atoms with Crippen molar-refractivity contribution in [1.82, 2.24) is 10.2 Å². The Morgan fingerprint density at radius 1 is 1.02 bits per heavy atom. The zero-order valence-electron chi connectivity index (χ0n) is 28.5. The summed E-state index contributed by atoms with van der Waals surface area (Å²) in [5, 5.41) is 13.5. The number of allylic oxidation sites excluding steroid dienone is 5. The van der Waals surface area contributed by atoms with E-state index in [1.165, 1.54) is 55.3 Å². The van der Waals surface area contributed by atoms with E-state index in [0.29, 0.717) is 24.9 Å². The molecule has 2 aromatic rings. The number of carbonyl (C=O) groups is 2. The van der Waals surface area contributed by atoms with Crippen LogP contribution in [0.5, 0.6) is 0 Å². The molecule has 2 aliphatic rings. The molecular weight excluding hydrogens is 607 g/mol. The summed E-state index contributed by atoms with van der Waals surface area (Å²) in [5.74, 6) is -2.00. The number of alkyl halides is 3. The van der Waals surface area contributed by atoms with Crippen LogP contribution in [0.15, 0.2) is 87.5 Å². The van der Waals surface area contributed by atoms with Crippen molar-refractivity contribution >= 4 is 23.1 Å². The van der Waals surface area contributed by atoms with Crippen LogP contribution in [0.25, 0.3) is 5.57 Å². The first-order valence-electron chi connectivity index (χ1n) is 16.6. The van der Waals surface area contributed by atoms with Gasteiger partial charge in [0.25, 0.3) is 5.91 Å². The number of halogens is 3. The number of hydrogen-bond acceptors (Lipinski definition) is 5. The lowest BCUT2D eigenvalue weighted by atomic mass is 9.91. The topological polar surface area (TPSA) is 95.1 Å². The summed E-state index contributed by atoms with van der Waals surface area (Å²) in [4.78, 5) is 32.1. The predicted molar refractivity (Wildman–Crippen MR) is 182 cm³/mol. The van der Waals surface area contributed by atoms with Gasteiger partial charge in [0.2, 0.25) is 5.91 Å². The van der Waals surface area contributed by atoms with Crippen LogP contribution in [-0.2, 0) is 9.59 Å². The van der Waals surface area contributed by atoms with Gasteiger partial charge < -0.3 is 19.7 Å². The molecule has 2 aliphatic heterocycles. The number of nitrogens with one attached hydrogen (secondary N) is 1. The Hall–Kier alpha value is -4.08. The number of aliphatic imine (C=N–C) groups is 1. The normalized spacial score (nSPS) is 18.2. The first-order valence-corrected chi connectivity index (χ1v) is 16.6. The van der Waals surface area contributed by atoms with E-state index in [-0.39, 0.29) is 23.9 Å². The lowest BCUT2D eigenvalue weighted by Gasteiger charge is -2.27. The Balaban J connectivity index is 0.000000862. The summed E-state index contributed by atoms with van der Waals surface area (Å²) in [7, 11) is 0. The third-order valence-electron chi connectivity index (χ3n) is 7.84. The Morgan fingerprint density at radius 3 is 2.17 bits per heavy atom. The van der Waals surface area contributed by atoms with Crippen molar-refractivity contribution < 1.29 is 32.3 Å². The Labute approximate surface area is 277 Å². The van der Waals surface area contributed by atoms with Crippen LogP contribution in [0, 0.1) is 0 Å². The molecule has 258 valence electrons. The van der Waals surface area contributed by atoms with Gasteiger partial charge in [0, 0.05) is 24.6 Å². The molecule has 2 N–H and O–H groups in total. The molecule has 3 heterocycles. The summed E-state index contributed by atoms with van der Waals surface area (Å²) in [6.45, 7) is 12.8. The van der Waals surface area contributed by atoms with E-state index < -0.39 is 47.3 Å². The Morgan fingerprint density at radius 2 is 1.66 bits per heavy atom.